The highest BCUT2D eigenvalue weighted by molar-refractivity contribution is 6.01. The molecule has 1 N–H and O–H groups in total. The van der Waals surface area contributed by atoms with E-state index in [9.17, 15) is 9.90 Å². The Labute approximate surface area is 199 Å². The van der Waals surface area contributed by atoms with E-state index in [-0.39, 0.29) is 13.0 Å². The second kappa shape index (κ2) is 13.0. The van der Waals surface area contributed by atoms with E-state index in [0.717, 1.165) is 16.9 Å². The third-order valence-electron chi connectivity index (χ3n) is 4.83. The average molecular weight is 464 g/mol. The summed E-state index contributed by atoms with van der Waals surface area (Å²) in [6.45, 7) is 4.63. The fraction of sp³-hybridized carbons (Fsp3) is 0.259. The van der Waals surface area contributed by atoms with E-state index in [0.29, 0.717) is 30.4 Å². The molecule has 0 amide bonds. The molecule has 0 aliphatic carbocycles. The quantitative estimate of drug-likeness (QED) is 0.272. The molecule has 178 valence electrons. The SMILES string of the molecule is CCO/N=C(\COc1ccc(CC(OCC)C(=O)O)cc1)c1ccc(Oc2ccccc2)cc1. The number of hydrogen-bond acceptors (Lipinski definition) is 6. The maximum Gasteiger partial charge on any atom is 0.333 e. The van der Waals surface area contributed by atoms with Crippen LogP contribution in [0, 0.1) is 0 Å². The minimum absolute atomic E-state index is 0.203. The first kappa shape index (κ1) is 24.8. The first-order chi connectivity index (χ1) is 16.6. The van der Waals surface area contributed by atoms with Crippen LogP contribution >= 0.6 is 0 Å². The lowest BCUT2D eigenvalue weighted by Crippen LogP contribution is -2.26. The van der Waals surface area contributed by atoms with E-state index in [1.807, 2.05) is 73.7 Å². The van der Waals surface area contributed by atoms with Gasteiger partial charge in [-0.25, -0.2) is 4.79 Å². The summed E-state index contributed by atoms with van der Waals surface area (Å²) in [5, 5.41) is 13.5. The zero-order valence-electron chi connectivity index (χ0n) is 19.3. The number of oxime groups is 1. The molecule has 3 rings (SSSR count). The highest BCUT2D eigenvalue weighted by Gasteiger charge is 2.18. The highest BCUT2D eigenvalue weighted by Crippen LogP contribution is 2.22. The van der Waals surface area contributed by atoms with Gasteiger partial charge in [0.25, 0.3) is 0 Å². The van der Waals surface area contributed by atoms with Gasteiger partial charge in [-0.2, -0.15) is 0 Å². The van der Waals surface area contributed by atoms with E-state index >= 15 is 0 Å². The Bertz CT molecular complexity index is 1050. The summed E-state index contributed by atoms with van der Waals surface area (Å²) in [6, 6.07) is 24.4. The minimum Gasteiger partial charge on any atom is -0.487 e. The highest BCUT2D eigenvalue weighted by atomic mass is 16.6. The summed E-state index contributed by atoms with van der Waals surface area (Å²) in [7, 11) is 0. The molecule has 0 fully saturated rings. The normalized spacial score (nSPS) is 12.1. The standard InChI is InChI=1S/C27H29NO6/c1-3-31-26(27(29)30)18-20-10-14-22(15-11-20)32-19-25(28-33-4-2)21-12-16-24(17-13-21)34-23-8-6-5-7-9-23/h5-17,26H,3-4,18-19H2,1-2H3,(H,29,30)/b28-25+. The van der Waals surface area contributed by atoms with Crippen molar-refractivity contribution in [3.63, 3.8) is 0 Å². The number of carbonyl (C=O) groups is 1. The van der Waals surface area contributed by atoms with Gasteiger partial charge < -0.3 is 24.2 Å². The molecule has 3 aromatic rings. The van der Waals surface area contributed by atoms with E-state index in [4.69, 9.17) is 19.0 Å². The van der Waals surface area contributed by atoms with Gasteiger partial charge >= 0.3 is 5.97 Å². The molecule has 7 heteroatoms. The second-order valence-electron chi connectivity index (χ2n) is 7.31. The van der Waals surface area contributed by atoms with Crippen molar-refractivity contribution in [2.75, 3.05) is 19.8 Å². The van der Waals surface area contributed by atoms with Gasteiger partial charge in [0.05, 0.1) is 0 Å². The van der Waals surface area contributed by atoms with Crippen LogP contribution in [0.2, 0.25) is 0 Å². The van der Waals surface area contributed by atoms with Crippen LogP contribution in [0.15, 0.2) is 84.0 Å². The smallest absolute Gasteiger partial charge is 0.333 e. The Balaban J connectivity index is 1.62. The van der Waals surface area contributed by atoms with Crippen molar-refractivity contribution in [1.82, 2.24) is 0 Å². The largest absolute Gasteiger partial charge is 0.487 e. The Morgan fingerprint density at radius 3 is 2.12 bits per heavy atom. The number of rotatable bonds is 13. The van der Waals surface area contributed by atoms with Crippen LogP contribution in [0.3, 0.4) is 0 Å². The average Bonchev–Trinajstić information content (AvgIpc) is 2.86. The lowest BCUT2D eigenvalue weighted by Gasteiger charge is -2.13. The Hall–Kier alpha value is -3.84. The molecule has 34 heavy (non-hydrogen) atoms. The van der Waals surface area contributed by atoms with Gasteiger partial charge in [0.1, 0.15) is 36.2 Å². The molecular formula is C27H29NO6. The van der Waals surface area contributed by atoms with Gasteiger partial charge in [0, 0.05) is 18.6 Å². The molecule has 0 heterocycles. The maximum atomic E-state index is 11.3. The number of benzene rings is 3. The van der Waals surface area contributed by atoms with Crippen molar-refractivity contribution in [2.45, 2.75) is 26.4 Å². The summed E-state index contributed by atoms with van der Waals surface area (Å²) in [6.07, 6.45) is -0.576. The predicted molar refractivity (Wildman–Crippen MR) is 130 cm³/mol. The van der Waals surface area contributed by atoms with Crippen LogP contribution in [-0.2, 0) is 20.8 Å². The molecular weight excluding hydrogens is 434 g/mol. The number of carboxylic acids is 1. The van der Waals surface area contributed by atoms with Crippen molar-refractivity contribution in [1.29, 1.82) is 0 Å². The minimum atomic E-state index is -0.973. The van der Waals surface area contributed by atoms with Crippen molar-refractivity contribution < 1.29 is 28.9 Å². The fourth-order valence-electron chi connectivity index (χ4n) is 3.15. The van der Waals surface area contributed by atoms with Gasteiger partial charge in [0.15, 0.2) is 6.10 Å². The summed E-state index contributed by atoms with van der Waals surface area (Å²) in [5.41, 5.74) is 2.34. The Morgan fingerprint density at radius 1 is 0.853 bits per heavy atom. The first-order valence-electron chi connectivity index (χ1n) is 11.2. The number of para-hydroxylation sites is 1. The van der Waals surface area contributed by atoms with Crippen molar-refractivity contribution in [3.8, 4) is 17.2 Å². The van der Waals surface area contributed by atoms with Gasteiger partial charge in [0.2, 0.25) is 0 Å². The lowest BCUT2D eigenvalue weighted by molar-refractivity contribution is -0.149. The predicted octanol–water partition coefficient (Wildman–Crippen LogP) is 5.33. The van der Waals surface area contributed by atoms with Gasteiger partial charge in [-0.15, -0.1) is 0 Å². The number of ether oxygens (including phenoxy) is 3. The molecule has 7 nitrogen and oxygen atoms in total. The van der Waals surface area contributed by atoms with E-state index < -0.39 is 12.1 Å². The topological polar surface area (TPSA) is 86.6 Å². The molecule has 0 radical (unpaired) electrons. The van der Waals surface area contributed by atoms with Crippen LogP contribution in [0.1, 0.15) is 25.0 Å². The number of nitrogens with zero attached hydrogens (tertiary/aromatic N) is 1. The summed E-state index contributed by atoms with van der Waals surface area (Å²) in [4.78, 5) is 16.6. The second-order valence-corrected chi connectivity index (χ2v) is 7.31. The van der Waals surface area contributed by atoms with Gasteiger partial charge in [-0.05, 0) is 67.9 Å². The zero-order valence-corrected chi connectivity index (χ0v) is 19.3. The van der Waals surface area contributed by atoms with Crippen molar-refractivity contribution in [2.24, 2.45) is 5.16 Å². The Morgan fingerprint density at radius 2 is 1.50 bits per heavy atom. The van der Waals surface area contributed by atoms with E-state index in [1.165, 1.54) is 0 Å². The summed E-state index contributed by atoms with van der Waals surface area (Å²) >= 11 is 0. The lowest BCUT2D eigenvalue weighted by atomic mass is 10.1. The van der Waals surface area contributed by atoms with Crippen LogP contribution in [0.25, 0.3) is 0 Å². The zero-order chi connectivity index (χ0) is 24.2. The number of aliphatic carboxylic acids is 1. The van der Waals surface area contributed by atoms with Crippen molar-refractivity contribution >= 4 is 11.7 Å². The molecule has 0 spiro atoms. The molecule has 0 aliphatic heterocycles. The molecule has 0 saturated carbocycles. The van der Waals surface area contributed by atoms with Crippen LogP contribution in [0.4, 0.5) is 0 Å². The molecule has 1 unspecified atom stereocenters. The van der Waals surface area contributed by atoms with Crippen LogP contribution in [0.5, 0.6) is 17.2 Å². The van der Waals surface area contributed by atoms with Gasteiger partial charge in [-0.1, -0.05) is 35.5 Å². The third-order valence-corrected chi connectivity index (χ3v) is 4.83. The molecule has 3 aromatic carbocycles. The van der Waals surface area contributed by atoms with Crippen LogP contribution in [-0.4, -0.2) is 42.7 Å². The monoisotopic (exact) mass is 463 g/mol. The number of hydrogen-bond donors (Lipinski definition) is 1. The summed E-state index contributed by atoms with van der Waals surface area (Å²) < 4.78 is 17.0. The molecule has 0 aromatic heterocycles. The van der Waals surface area contributed by atoms with E-state index in [1.54, 1.807) is 19.1 Å². The van der Waals surface area contributed by atoms with E-state index in [2.05, 4.69) is 5.16 Å². The molecule has 0 aliphatic rings. The van der Waals surface area contributed by atoms with Crippen molar-refractivity contribution in [3.05, 3.63) is 90.0 Å². The van der Waals surface area contributed by atoms with Crippen LogP contribution < -0.4 is 9.47 Å². The molecule has 0 bridgehead atoms. The molecule has 1 atom stereocenters. The maximum absolute atomic E-state index is 11.3. The summed E-state index contributed by atoms with van der Waals surface area (Å²) in [5.74, 6) is 1.15. The first-order valence-corrected chi connectivity index (χ1v) is 11.2. The Kier molecular flexibility index (Phi) is 9.49. The molecule has 0 saturated heterocycles. The fourth-order valence-corrected chi connectivity index (χ4v) is 3.15. The van der Waals surface area contributed by atoms with Gasteiger partial charge in [-0.3, -0.25) is 0 Å². The third kappa shape index (κ3) is 7.64. The number of carboxylic acid groups (broad SMARTS) is 1.